The minimum Gasteiger partial charge on any atom is -0.383 e. The van der Waals surface area contributed by atoms with Crippen molar-refractivity contribution in [3.63, 3.8) is 0 Å². The maximum absolute atomic E-state index is 11.9. The highest BCUT2D eigenvalue weighted by Crippen LogP contribution is 2.18. The molecule has 0 saturated heterocycles. The van der Waals surface area contributed by atoms with Crippen molar-refractivity contribution in [1.29, 1.82) is 0 Å². The van der Waals surface area contributed by atoms with E-state index in [0.29, 0.717) is 12.5 Å². The number of sulfonamides is 1. The highest BCUT2D eigenvalue weighted by molar-refractivity contribution is 7.90. The van der Waals surface area contributed by atoms with Gasteiger partial charge in [0.15, 0.2) is 0 Å². The zero-order valence-corrected chi connectivity index (χ0v) is 12.2. The maximum Gasteiger partial charge on any atom is 0.216 e. The van der Waals surface area contributed by atoms with Crippen molar-refractivity contribution in [1.82, 2.24) is 14.3 Å². The number of hydrogen-bond donors (Lipinski definition) is 1. The molecule has 1 aromatic heterocycles. The number of aryl methyl sites for hydroxylation is 1. The number of ether oxygens (including phenoxy) is 1. The second-order valence-corrected chi connectivity index (χ2v) is 7.24. The number of nitrogens with one attached hydrogen (secondary N) is 1. The molecule has 0 spiro atoms. The molecule has 7 heteroatoms. The van der Waals surface area contributed by atoms with Crippen LogP contribution in [0.2, 0.25) is 0 Å². The summed E-state index contributed by atoms with van der Waals surface area (Å²) < 4.78 is 33.6. The van der Waals surface area contributed by atoms with Crippen LogP contribution in [-0.4, -0.2) is 43.5 Å². The van der Waals surface area contributed by atoms with Gasteiger partial charge in [0.25, 0.3) is 0 Å². The van der Waals surface area contributed by atoms with Crippen LogP contribution >= 0.6 is 0 Å². The smallest absolute Gasteiger partial charge is 0.216 e. The lowest BCUT2D eigenvalue weighted by Gasteiger charge is -2.24. The molecule has 1 aromatic rings. The molecule has 0 aliphatic carbocycles. The van der Waals surface area contributed by atoms with E-state index in [1.807, 2.05) is 6.20 Å². The normalized spacial score (nSPS) is 21.1. The van der Waals surface area contributed by atoms with Crippen LogP contribution in [0.3, 0.4) is 0 Å². The molecule has 19 heavy (non-hydrogen) atoms. The molecule has 0 aromatic carbocycles. The van der Waals surface area contributed by atoms with Crippen molar-refractivity contribution in [2.24, 2.45) is 5.92 Å². The molecule has 0 amide bonds. The monoisotopic (exact) mass is 287 g/mol. The summed E-state index contributed by atoms with van der Waals surface area (Å²) in [4.78, 5) is 4.26. The van der Waals surface area contributed by atoms with Crippen molar-refractivity contribution >= 4 is 10.0 Å². The first kappa shape index (κ1) is 14.5. The second kappa shape index (κ2) is 6.02. The number of methoxy groups -OCH3 is 1. The first-order valence-electron chi connectivity index (χ1n) is 6.50. The molecule has 0 fully saturated rings. The van der Waals surface area contributed by atoms with Crippen molar-refractivity contribution in [2.45, 2.75) is 31.6 Å². The molecule has 1 aliphatic rings. The summed E-state index contributed by atoms with van der Waals surface area (Å²) in [5, 5.41) is -0.523. The first-order chi connectivity index (χ1) is 9.03. The molecule has 108 valence electrons. The summed E-state index contributed by atoms with van der Waals surface area (Å²) in [7, 11) is -1.78. The maximum atomic E-state index is 11.9. The van der Waals surface area contributed by atoms with E-state index < -0.39 is 15.3 Å². The predicted molar refractivity (Wildman–Crippen MR) is 72.3 cm³/mol. The molecule has 0 bridgehead atoms. The van der Waals surface area contributed by atoms with Gasteiger partial charge in [0, 0.05) is 39.0 Å². The number of hydrogen-bond acceptors (Lipinski definition) is 4. The van der Waals surface area contributed by atoms with E-state index in [9.17, 15) is 8.42 Å². The third-order valence-corrected chi connectivity index (χ3v) is 5.30. The molecule has 1 aliphatic heterocycles. The first-order valence-corrected chi connectivity index (χ1v) is 8.05. The average molecular weight is 287 g/mol. The SMILES string of the molecule is COC[C@@H](C)S(=O)(=O)NC[C@H]1CCc2nccn2C1. The number of aromatic nitrogens is 2. The molecule has 0 radical (unpaired) electrons. The topological polar surface area (TPSA) is 73.2 Å². The molecule has 2 atom stereocenters. The molecule has 1 N–H and O–H groups in total. The Morgan fingerprint density at radius 1 is 1.63 bits per heavy atom. The van der Waals surface area contributed by atoms with E-state index in [0.717, 1.165) is 25.2 Å². The third-order valence-electron chi connectivity index (χ3n) is 3.54. The Balaban J connectivity index is 1.87. The van der Waals surface area contributed by atoms with Crippen LogP contribution in [0, 0.1) is 5.92 Å². The van der Waals surface area contributed by atoms with E-state index in [1.165, 1.54) is 7.11 Å². The average Bonchev–Trinajstić information content (AvgIpc) is 2.84. The zero-order chi connectivity index (χ0) is 13.9. The lowest BCUT2D eigenvalue weighted by Crippen LogP contribution is -2.39. The summed E-state index contributed by atoms with van der Waals surface area (Å²) >= 11 is 0. The van der Waals surface area contributed by atoms with Crippen LogP contribution in [0.4, 0.5) is 0 Å². The Morgan fingerprint density at radius 3 is 3.16 bits per heavy atom. The van der Waals surface area contributed by atoms with Crippen LogP contribution in [0.5, 0.6) is 0 Å². The van der Waals surface area contributed by atoms with Gasteiger partial charge in [-0.25, -0.2) is 18.1 Å². The summed E-state index contributed by atoms with van der Waals surface area (Å²) in [6, 6.07) is 0. The fourth-order valence-electron chi connectivity index (χ4n) is 2.30. The largest absolute Gasteiger partial charge is 0.383 e. The van der Waals surface area contributed by atoms with Gasteiger partial charge in [-0.15, -0.1) is 0 Å². The van der Waals surface area contributed by atoms with Gasteiger partial charge in [-0.1, -0.05) is 0 Å². The van der Waals surface area contributed by atoms with Crippen molar-refractivity contribution in [3.8, 4) is 0 Å². The van der Waals surface area contributed by atoms with E-state index >= 15 is 0 Å². The zero-order valence-electron chi connectivity index (χ0n) is 11.4. The van der Waals surface area contributed by atoms with Gasteiger partial charge in [0.05, 0.1) is 11.9 Å². The molecule has 2 rings (SSSR count). The fraction of sp³-hybridized carbons (Fsp3) is 0.750. The van der Waals surface area contributed by atoms with Gasteiger partial charge in [-0.05, 0) is 19.3 Å². The van der Waals surface area contributed by atoms with Gasteiger partial charge in [0.1, 0.15) is 5.82 Å². The van der Waals surface area contributed by atoms with Crippen molar-refractivity contribution in [3.05, 3.63) is 18.2 Å². The number of rotatable bonds is 6. The molecule has 6 nitrogen and oxygen atoms in total. The van der Waals surface area contributed by atoms with E-state index in [2.05, 4.69) is 14.3 Å². The quantitative estimate of drug-likeness (QED) is 0.822. The number of fused-ring (bicyclic) bond motifs is 1. The minimum atomic E-state index is -3.29. The van der Waals surface area contributed by atoms with Crippen LogP contribution in [-0.2, 0) is 27.7 Å². The van der Waals surface area contributed by atoms with Gasteiger partial charge < -0.3 is 9.30 Å². The van der Waals surface area contributed by atoms with E-state index in [-0.39, 0.29) is 6.61 Å². The van der Waals surface area contributed by atoms with Gasteiger partial charge >= 0.3 is 0 Å². The molecule has 0 unspecified atom stereocenters. The summed E-state index contributed by atoms with van der Waals surface area (Å²) in [5.74, 6) is 1.41. The van der Waals surface area contributed by atoms with Crippen LogP contribution in [0.1, 0.15) is 19.2 Å². The highest BCUT2D eigenvalue weighted by Gasteiger charge is 2.24. The Morgan fingerprint density at radius 2 is 2.42 bits per heavy atom. The molecular weight excluding hydrogens is 266 g/mol. The Hall–Kier alpha value is -0.920. The van der Waals surface area contributed by atoms with Crippen LogP contribution in [0.15, 0.2) is 12.4 Å². The highest BCUT2D eigenvalue weighted by atomic mass is 32.2. The van der Waals surface area contributed by atoms with E-state index in [4.69, 9.17) is 4.74 Å². The van der Waals surface area contributed by atoms with Crippen LogP contribution in [0.25, 0.3) is 0 Å². The predicted octanol–water partition coefficient (Wildman–Crippen LogP) is 0.400. The Bertz CT molecular complexity index is 512. The van der Waals surface area contributed by atoms with Crippen molar-refractivity contribution < 1.29 is 13.2 Å². The Kier molecular flexibility index (Phi) is 4.59. The molecule has 0 saturated carbocycles. The fourth-order valence-corrected chi connectivity index (χ4v) is 3.37. The lowest BCUT2D eigenvalue weighted by molar-refractivity contribution is 0.200. The summed E-state index contributed by atoms with van der Waals surface area (Å²) in [6.07, 6.45) is 5.62. The van der Waals surface area contributed by atoms with Gasteiger partial charge in [0.2, 0.25) is 10.0 Å². The van der Waals surface area contributed by atoms with Crippen LogP contribution < -0.4 is 4.72 Å². The van der Waals surface area contributed by atoms with Gasteiger partial charge in [-0.3, -0.25) is 0 Å². The summed E-state index contributed by atoms with van der Waals surface area (Å²) in [5.41, 5.74) is 0. The standard InChI is InChI=1S/C12H21N3O3S/c1-10(9-18-2)19(16,17)14-7-11-3-4-12-13-5-6-15(12)8-11/h5-6,10-11,14H,3-4,7-9H2,1-2H3/t10-,11-/m1/s1. The third kappa shape index (κ3) is 3.55. The molecule has 2 heterocycles. The van der Waals surface area contributed by atoms with E-state index in [1.54, 1.807) is 13.1 Å². The number of nitrogens with zero attached hydrogens (tertiary/aromatic N) is 2. The lowest BCUT2D eigenvalue weighted by atomic mass is 10.00. The van der Waals surface area contributed by atoms with Crippen molar-refractivity contribution in [2.75, 3.05) is 20.3 Å². The Labute approximate surface area is 114 Å². The number of imidazole rings is 1. The minimum absolute atomic E-state index is 0.214. The second-order valence-electron chi connectivity index (χ2n) is 5.06. The summed E-state index contributed by atoms with van der Waals surface area (Å²) in [6.45, 7) is 3.18. The van der Waals surface area contributed by atoms with Gasteiger partial charge in [-0.2, -0.15) is 0 Å². The molecular formula is C12H21N3O3S.